The van der Waals surface area contributed by atoms with Gasteiger partial charge in [0.2, 0.25) is 0 Å². The quantitative estimate of drug-likeness (QED) is 0.446. The highest BCUT2D eigenvalue weighted by molar-refractivity contribution is 7.17. The van der Waals surface area contributed by atoms with Crippen molar-refractivity contribution in [3.05, 3.63) is 28.5 Å². The Morgan fingerprint density at radius 3 is 2.51 bits per heavy atom. The van der Waals surface area contributed by atoms with Crippen LogP contribution in [0.3, 0.4) is 0 Å². The van der Waals surface area contributed by atoms with Crippen LogP contribution in [0.5, 0.6) is 0 Å². The molecule has 2 fully saturated rings. The molecule has 2 aromatic heterocycles. The molecular weight excluding hydrogens is 556 g/mol. The zero-order chi connectivity index (χ0) is 28.7. The topological polar surface area (TPSA) is 117 Å². The van der Waals surface area contributed by atoms with Gasteiger partial charge in [-0.25, -0.2) is 9.97 Å². The number of thiazole rings is 1. The Hall–Kier alpha value is -2.98. The average molecular weight is 582 g/mol. The molecule has 0 radical (unpaired) electrons. The van der Waals surface area contributed by atoms with Crippen LogP contribution in [0.25, 0.3) is 10.4 Å². The maximum atomic E-state index is 14.2. The van der Waals surface area contributed by atoms with E-state index < -0.39 is 65.0 Å². The highest BCUT2D eigenvalue weighted by Crippen LogP contribution is 2.42. The molecule has 2 amide bonds. The standard InChI is InChI=1S/C23H25F6N5O4S/c1-10-4-3-5-34(10)21(37)17-18(39-20(33-17)19(36)32-14-8-38-9-15(14)35)12-7-30-16(6-13(12)23(27,28)29)31-11(2)22(24,25)26/h6-7,10-11,14-15,35H,3-5,8-9H2,1-2H3,(H,30,31)(H,32,36)/t10-,11-,14+,15+/m0/s1. The number of likely N-dealkylation sites (tertiary alicyclic amines) is 1. The number of aromatic nitrogens is 2. The molecule has 0 spiro atoms. The van der Waals surface area contributed by atoms with Crippen molar-refractivity contribution in [1.29, 1.82) is 0 Å². The van der Waals surface area contributed by atoms with E-state index in [9.17, 15) is 41.0 Å². The number of rotatable bonds is 6. The molecule has 0 aromatic carbocycles. The molecule has 2 saturated heterocycles. The summed E-state index contributed by atoms with van der Waals surface area (Å²) in [7, 11) is 0. The highest BCUT2D eigenvalue weighted by atomic mass is 32.1. The van der Waals surface area contributed by atoms with Gasteiger partial charge in [-0.3, -0.25) is 9.59 Å². The van der Waals surface area contributed by atoms with Crippen molar-refractivity contribution in [2.75, 3.05) is 25.1 Å². The van der Waals surface area contributed by atoms with Crippen molar-refractivity contribution in [1.82, 2.24) is 20.2 Å². The van der Waals surface area contributed by atoms with Gasteiger partial charge in [0.1, 0.15) is 17.6 Å². The Bertz CT molecular complexity index is 1240. The summed E-state index contributed by atoms with van der Waals surface area (Å²) >= 11 is 0.514. The first-order valence-corrected chi connectivity index (χ1v) is 12.8. The number of ether oxygens (including phenoxy) is 1. The van der Waals surface area contributed by atoms with Crippen LogP contribution in [0, 0.1) is 0 Å². The third kappa shape index (κ3) is 6.27. The van der Waals surface area contributed by atoms with Gasteiger partial charge in [0.25, 0.3) is 11.8 Å². The second-order valence-electron chi connectivity index (χ2n) is 9.39. The number of aliphatic hydroxyl groups is 1. The summed E-state index contributed by atoms with van der Waals surface area (Å²) in [6.45, 7) is 2.84. The first kappa shape index (κ1) is 29.0. The number of nitrogens with zero attached hydrogens (tertiary/aromatic N) is 3. The van der Waals surface area contributed by atoms with Gasteiger partial charge in [-0.2, -0.15) is 26.3 Å². The number of nitrogens with one attached hydrogen (secondary N) is 2. The number of hydrogen-bond donors (Lipinski definition) is 3. The van der Waals surface area contributed by atoms with E-state index in [1.54, 1.807) is 6.92 Å². The van der Waals surface area contributed by atoms with E-state index in [2.05, 4.69) is 15.3 Å². The van der Waals surface area contributed by atoms with E-state index in [1.165, 1.54) is 4.90 Å². The van der Waals surface area contributed by atoms with Crippen molar-refractivity contribution in [2.24, 2.45) is 0 Å². The molecule has 2 aliphatic rings. The lowest BCUT2D eigenvalue weighted by Gasteiger charge is -2.22. The van der Waals surface area contributed by atoms with E-state index >= 15 is 0 Å². The minimum Gasteiger partial charge on any atom is -0.388 e. The summed E-state index contributed by atoms with van der Waals surface area (Å²) in [5.74, 6) is -2.19. The molecule has 9 nitrogen and oxygen atoms in total. The number of hydrogen-bond acceptors (Lipinski definition) is 8. The molecule has 0 unspecified atom stereocenters. The Kier molecular flexibility index (Phi) is 8.10. The predicted molar refractivity (Wildman–Crippen MR) is 127 cm³/mol. The van der Waals surface area contributed by atoms with Crippen LogP contribution >= 0.6 is 11.3 Å². The fraction of sp³-hybridized carbons (Fsp3) is 0.565. The Morgan fingerprint density at radius 2 is 1.95 bits per heavy atom. The van der Waals surface area contributed by atoms with Crippen molar-refractivity contribution < 1.29 is 45.8 Å². The molecule has 4 atom stereocenters. The molecule has 0 aliphatic carbocycles. The van der Waals surface area contributed by atoms with Crippen molar-refractivity contribution in [3.63, 3.8) is 0 Å². The normalized spacial score (nSPS) is 22.7. The summed E-state index contributed by atoms with van der Waals surface area (Å²) in [6.07, 6.45) is -8.72. The van der Waals surface area contributed by atoms with Gasteiger partial charge in [-0.15, -0.1) is 11.3 Å². The number of amides is 2. The van der Waals surface area contributed by atoms with Gasteiger partial charge in [0.15, 0.2) is 5.01 Å². The molecule has 2 aliphatic heterocycles. The van der Waals surface area contributed by atoms with Crippen LogP contribution in [-0.4, -0.2) is 82.0 Å². The Labute approximate surface area is 222 Å². The minimum atomic E-state index is -5.05. The van der Waals surface area contributed by atoms with Gasteiger partial charge in [-0.05, 0) is 32.8 Å². The average Bonchev–Trinajstić information content (AvgIpc) is 3.58. The number of carbonyl (C=O) groups is 2. The summed E-state index contributed by atoms with van der Waals surface area (Å²) in [6, 6.07) is -2.75. The monoisotopic (exact) mass is 581 g/mol. The molecule has 2 aromatic rings. The van der Waals surface area contributed by atoms with Crippen molar-refractivity contribution in [2.45, 2.75) is 63.3 Å². The predicted octanol–water partition coefficient (Wildman–Crippen LogP) is 3.70. The number of aliphatic hydroxyl groups excluding tert-OH is 1. The Morgan fingerprint density at radius 1 is 1.23 bits per heavy atom. The van der Waals surface area contributed by atoms with Crippen molar-refractivity contribution >= 4 is 29.0 Å². The van der Waals surface area contributed by atoms with Crippen LogP contribution in [0.4, 0.5) is 32.2 Å². The molecule has 0 saturated carbocycles. The van der Waals surface area contributed by atoms with Crippen LogP contribution in [0.1, 0.15) is 52.5 Å². The molecule has 214 valence electrons. The minimum absolute atomic E-state index is 0.00910. The molecule has 0 bridgehead atoms. The SMILES string of the molecule is C[C@H](Nc1cc(C(F)(F)F)c(-c2sc(C(=O)N[C@@H]3COC[C@H]3O)nc2C(=O)N2CCC[C@@H]2C)cn1)C(F)(F)F. The Balaban J connectivity index is 1.78. The van der Waals surface area contributed by atoms with Gasteiger partial charge in [0, 0.05) is 24.3 Å². The van der Waals surface area contributed by atoms with E-state index in [0.29, 0.717) is 43.0 Å². The maximum absolute atomic E-state index is 14.2. The summed E-state index contributed by atoms with van der Waals surface area (Å²) < 4.78 is 86.4. The second kappa shape index (κ2) is 10.9. The summed E-state index contributed by atoms with van der Waals surface area (Å²) in [4.78, 5) is 35.3. The number of anilines is 1. The zero-order valence-corrected chi connectivity index (χ0v) is 21.5. The third-order valence-electron chi connectivity index (χ3n) is 6.51. The first-order chi connectivity index (χ1) is 18.2. The molecular formula is C23H25F6N5O4S. The molecule has 16 heteroatoms. The lowest BCUT2D eigenvalue weighted by atomic mass is 10.1. The summed E-state index contributed by atoms with van der Waals surface area (Å²) in [5, 5.41) is 14.0. The molecule has 3 N–H and O–H groups in total. The van der Waals surface area contributed by atoms with E-state index in [0.717, 1.165) is 6.92 Å². The number of pyridine rings is 1. The molecule has 4 heterocycles. The largest absolute Gasteiger partial charge is 0.417 e. The fourth-order valence-electron chi connectivity index (χ4n) is 4.28. The van der Waals surface area contributed by atoms with Gasteiger partial charge in [-0.1, -0.05) is 0 Å². The van der Waals surface area contributed by atoms with E-state index in [4.69, 9.17) is 4.74 Å². The van der Waals surface area contributed by atoms with Crippen molar-refractivity contribution in [3.8, 4) is 10.4 Å². The smallest absolute Gasteiger partial charge is 0.388 e. The lowest BCUT2D eigenvalue weighted by Crippen LogP contribution is -2.42. The first-order valence-electron chi connectivity index (χ1n) is 12.0. The van der Waals surface area contributed by atoms with Gasteiger partial charge < -0.3 is 25.4 Å². The molecule has 4 rings (SSSR count). The summed E-state index contributed by atoms with van der Waals surface area (Å²) in [5.41, 5.74) is -2.37. The number of halogens is 6. The highest BCUT2D eigenvalue weighted by Gasteiger charge is 2.40. The number of alkyl halides is 6. The second-order valence-corrected chi connectivity index (χ2v) is 10.4. The fourth-order valence-corrected chi connectivity index (χ4v) is 5.26. The number of carbonyl (C=O) groups excluding carboxylic acids is 2. The molecule has 39 heavy (non-hydrogen) atoms. The van der Waals surface area contributed by atoms with Gasteiger partial charge in [0.05, 0.1) is 35.8 Å². The van der Waals surface area contributed by atoms with E-state index in [1.807, 2.05) is 5.32 Å². The van der Waals surface area contributed by atoms with Crippen LogP contribution in [0.2, 0.25) is 0 Å². The third-order valence-corrected chi connectivity index (χ3v) is 7.60. The van der Waals surface area contributed by atoms with Crippen LogP contribution in [0.15, 0.2) is 12.3 Å². The maximum Gasteiger partial charge on any atom is 0.417 e. The zero-order valence-electron chi connectivity index (χ0n) is 20.7. The van der Waals surface area contributed by atoms with Crippen LogP contribution < -0.4 is 10.6 Å². The van der Waals surface area contributed by atoms with Crippen LogP contribution in [-0.2, 0) is 10.9 Å². The lowest BCUT2D eigenvalue weighted by molar-refractivity contribution is -0.138. The van der Waals surface area contributed by atoms with E-state index in [-0.39, 0.29) is 29.1 Å². The van der Waals surface area contributed by atoms with Gasteiger partial charge >= 0.3 is 12.4 Å².